The Morgan fingerprint density at radius 1 is 1.04 bits per heavy atom. The molecule has 0 aliphatic heterocycles. The van der Waals surface area contributed by atoms with Crippen molar-refractivity contribution in [2.75, 3.05) is 25.5 Å². The van der Waals surface area contributed by atoms with Gasteiger partial charge in [-0.1, -0.05) is 11.6 Å². The first kappa shape index (κ1) is 18.5. The second kappa shape index (κ2) is 8.33. The number of hydrogen-bond donors (Lipinski definition) is 1. The lowest BCUT2D eigenvalue weighted by atomic mass is 10.1. The zero-order chi connectivity index (χ0) is 18.4. The molecule has 5 heteroatoms. The van der Waals surface area contributed by atoms with Crippen LogP contribution in [-0.4, -0.2) is 36.9 Å². The molecular weight excluding hydrogens is 316 g/mol. The fourth-order valence-corrected chi connectivity index (χ4v) is 2.59. The summed E-state index contributed by atoms with van der Waals surface area (Å²) in [5, 5.41) is 2.84. The number of amides is 2. The Labute approximate surface area is 148 Å². The second-order valence-electron chi connectivity index (χ2n) is 5.71. The van der Waals surface area contributed by atoms with E-state index in [4.69, 9.17) is 4.74 Å². The van der Waals surface area contributed by atoms with Crippen LogP contribution in [0.5, 0.6) is 5.75 Å². The molecule has 2 amide bonds. The molecule has 0 unspecified atom stereocenters. The van der Waals surface area contributed by atoms with Gasteiger partial charge in [0.15, 0.2) is 0 Å². The Morgan fingerprint density at radius 2 is 1.68 bits per heavy atom. The van der Waals surface area contributed by atoms with E-state index in [1.165, 1.54) is 7.11 Å². The maximum absolute atomic E-state index is 12.5. The normalized spacial score (nSPS) is 10.2. The summed E-state index contributed by atoms with van der Waals surface area (Å²) in [4.78, 5) is 26.6. The van der Waals surface area contributed by atoms with Crippen LogP contribution in [0, 0.1) is 6.92 Å². The van der Waals surface area contributed by atoms with E-state index in [2.05, 4.69) is 5.32 Å². The molecule has 132 valence electrons. The SMILES string of the molecule is CCN(CC)C(=O)c1ccc(NC(=O)c2cc(C)ccc2OC)cc1. The van der Waals surface area contributed by atoms with E-state index in [-0.39, 0.29) is 11.8 Å². The molecule has 0 spiro atoms. The maximum atomic E-state index is 12.5. The highest BCUT2D eigenvalue weighted by Crippen LogP contribution is 2.21. The van der Waals surface area contributed by atoms with Crippen molar-refractivity contribution in [1.82, 2.24) is 4.90 Å². The fourth-order valence-electron chi connectivity index (χ4n) is 2.59. The standard InChI is InChI=1S/C20H24N2O3/c1-5-22(6-2)20(24)15-8-10-16(11-9-15)21-19(23)17-13-14(3)7-12-18(17)25-4/h7-13H,5-6H2,1-4H3,(H,21,23). The first-order valence-corrected chi connectivity index (χ1v) is 8.35. The lowest BCUT2D eigenvalue weighted by Crippen LogP contribution is -2.30. The topological polar surface area (TPSA) is 58.6 Å². The molecule has 2 aromatic rings. The van der Waals surface area contributed by atoms with Crippen LogP contribution in [-0.2, 0) is 0 Å². The predicted octanol–water partition coefficient (Wildman–Crippen LogP) is 3.74. The van der Waals surface area contributed by atoms with E-state index < -0.39 is 0 Å². The van der Waals surface area contributed by atoms with Gasteiger partial charge in [0.2, 0.25) is 0 Å². The zero-order valence-corrected chi connectivity index (χ0v) is 15.1. The number of carbonyl (C=O) groups is 2. The predicted molar refractivity (Wildman–Crippen MR) is 99.4 cm³/mol. The Balaban J connectivity index is 2.15. The molecule has 0 saturated heterocycles. The van der Waals surface area contributed by atoms with Gasteiger partial charge in [0.05, 0.1) is 12.7 Å². The molecule has 0 saturated carbocycles. The molecule has 2 aromatic carbocycles. The van der Waals surface area contributed by atoms with E-state index >= 15 is 0 Å². The molecule has 5 nitrogen and oxygen atoms in total. The molecule has 0 heterocycles. The zero-order valence-electron chi connectivity index (χ0n) is 15.1. The van der Waals surface area contributed by atoms with Crippen LogP contribution in [0.3, 0.4) is 0 Å². The number of nitrogens with zero attached hydrogens (tertiary/aromatic N) is 1. The summed E-state index contributed by atoms with van der Waals surface area (Å²) in [7, 11) is 1.54. The van der Waals surface area contributed by atoms with Gasteiger partial charge >= 0.3 is 0 Å². The average Bonchev–Trinajstić information content (AvgIpc) is 2.63. The lowest BCUT2D eigenvalue weighted by molar-refractivity contribution is 0.0773. The van der Waals surface area contributed by atoms with Crippen LogP contribution in [0.2, 0.25) is 0 Å². The smallest absolute Gasteiger partial charge is 0.259 e. The molecular formula is C20H24N2O3. The number of benzene rings is 2. The van der Waals surface area contributed by atoms with Crippen molar-refractivity contribution in [2.24, 2.45) is 0 Å². The van der Waals surface area contributed by atoms with Crippen LogP contribution >= 0.6 is 0 Å². The first-order chi connectivity index (χ1) is 12.0. The highest BCUT2D eigenvalue weighted by Gasteiger charge is 2.14. The third-order valence-corrected chi connectivity index (χ3v) is 4.04. The van der Waals surface area contributed by atoms with Crippen LogP contribution in [0.15, 0.2) is 42.5 Å². The van der Waals surface area contributed by atoms with Gasteiger partial charge in [0, 0.05) is 24.3 Å². The summed E-state index contributed by atoms with van der Waals surface area (Å²) in [6.07, 6.45) is 0. The number of nitrogens with one attached hydrogen (secondary N) is 1. The minimum absolute atomic E-state index is 0.0109. The highest BCUT2D eigenvalue weighted by atomic mass is 16.5. The van der Waals surface area contributed by atoms with Gasteiger partial charge in [-0.3, -0.25) is 9.59 Å². The molecule has 0 atom stereocenters. The molecule has 2 rings (SSSR count). The summed E-state index contributed by atoms with van der Waals surface area (Å²) in [5.41, 5.74) is 2.69. The number of ether oxygens (including phenoxy) is 1. The Kier molecular flexibility index (Phi) is 6.17. The summed E-state index contributed by atoms with van der Waals surface area (Å²) >= 11 is 0. The van der Waals surface area contributed by atoms with E-state index in [0.717, 1.165) is 5.56 Å². The molecule has 0 bridgehead atoms. The summed E-state index contributed by atoms with van der Waals surface area (Å²) in [5.74, 6) is 0.267. The number of carbonyl (C=O) groups excluding carboxylic acids is 2. The Hall–Kier alpha value is -2.82. The number of rotatable bonds is 6. The summed E-state index contributed by atoms with van der Waals surface area (Å²) in [6.45, 7) is 7.15. The van der Waals surface area contributed by atoms with Gasteiger partial charge in [0.1, 0.15) is 5.75 Å². The van der Waals surface area contributed by atoms with Gasteiger partial charge in [0.25, 0.3) is 11.8 Å². The molecule has 0 radical (unpaired) electrons. The molecule has 0 aromatic heterocycles. The minimum atomic E-state index is -0.247. The van der Waals surface area contributed by atoms with Crippen molar-refractivity contribution >= 4 is 17.5 Å². The third kappa shape index (κ3) is 4.38. The van der Waals surface area contributed by atoms with E-state index in [9.17, 15) is 9.59 Å². The number of aryl methyl sites for hydroxylation is 1. The fraction of sp³-hybridized carbons (Fsp3) is 0.300. The van der Waals surface area contributed by atoms with E-state index in [1.54, 1.807) is 41.3 Å². The van der Waals surface area contributed by atoms with Crippen molar-refractivity contribution in [2.45, 2.75) is 20.8 Å². The van der Waals surface area contributed by atoms with Gasteiger partial charge in [-0.05, 0) is 57.2 Å². The first-order valence-electron chi connectivity index (χ1n) is 8.35. The average molecular weight is 340 g/mol. The summed E-state index contributed by atoms with van der Waals surface area (Å²) < 4.78 is 5.25. The van der Waals surface area contributed by atoms with Gasteiger partial charge in [-0.2, -0.15) is 0 Å². The molecule has 25 heavy (non-hydrogen) atoms. The largest absolute Gasteiger partial charge is 0.496 e. The van der Waals surface area contributed by atoms with E-state index in [0.29, 0.717) is 35.7 Å². The Morgan fingerprint density at radius 3 is 2.24 bits per heavy atom. The van der Waals surface area contributed by atoms with Crippen molar-refractivity contribution in [1.29, 1.82) is 0 Å². The third-order valence-electron chi connectivity index (χ3n) is 4.04. The second-order valence-corrected chi connectivity index (χ2v) is 5.71. The molecule has 0 fully saturated rings. The monoisotopic (exact) mass is 340 g/mol. The molecule has 1 N–H and O–H groups in total. The van der Waals surface area contributed by atoms with Crippen molar-refractivity contribution in [3.8, 4) is 5.75 Å². The number of hydrogen-bond acceptors (Lipinski definition) is 3. The van der Waals surface area contributed by atoms with Crippen LogP contribution in [0.4, 0.5) is 5.69 Å². The van der Waals surface area contributed by atoms with Crippen LogP contribution in [0.1, 0.15) is 40.1 Å². The van der Waals surface area contributed by atoms with Crippen molar-refractivity contribution < 1.29 is 14.3 Å². The van der Waals surface area contributed by atoms with Crippen LogP contribution < -0.4 is 10.1 Å². The summed E-state index contributed by atoms with van der Waals surface area (Å²) in [6, 6.07) is 12.4. The number of methoxy groups -OCH3 is 1. The van der Waals surface area contributed by atoms with Gasteiger partial charge in [-0.25, -0.2) is 0 Å². The van der Waals surface area contributed by atoms with E-state index in [1.807, 2.05) is 26.8 Å². The van der Waals surface area contributed by atoms with Crippen molar-refractivity contribution in [3.05, 3.63) is 59.2 Å². The van der Waals surface area contributed by atoms with Gasteiger partial charge in [-0.15, -0.1) is 0 Å². The number of anilines is 1. The lowest BCUT2D eigenvalue weighted by Gasteiger charge is -2.18. The van der Waals surface area contributed by atoms with Crippen molar-refractivity contribution in [3.63, 3.8) is 0 Å². The maximum Gasteiger partial charge on any atom is 0.259 e. The minimum Gasteiger partial charge on any atom is -0.496 e. The van der Waals surface area contributed by atoms with Crippen LogP contribution in [0.25, 0.3) is 0 Å². The quantitative estimate of drug-likeness (QED) is 0.871. The molecule has 0 aliphatic rings. The molecule has 0 aliphatic carbocycles. The van der Waals surface area contributed by atoms with Gasteiger partial charge < -0.3 is 15.0 Å². The Bertz CT molecular complexity index is 750. The highest BCUT2D eigenvalue weighted by molar-refractivity contribution is 6.06.